The number of rotatable bonds is 5. The van der Waals surface area contributed by atoms with Crippen LogP contribution >= 0.6 is 46.6 Å². The van der Waals surface area contributed by atoms with E-state index in [1.54, 1.807) is 60.7 Å². The first-order chi connectivity index (χ1) is 16.4. The molecular weight excluding hydrogens is 513 g/mol. The first-order valence-electron chi connectivity index (χ1n) is 10.1. The van der Waals surface area contributed by atoms with E-state index in [4.69, 9.17) is 34.8 Å². The molecule has 3 aromatic carbocycles. The van der Waals surface area contributed by atoms with E-state index >= 15 is 0 Å². The van der Waals surface area contributed by atoms with E-state index in [2.05, 4.69) is 5.32 Å². The molecule has 1 atom stereocenters. The summed E-state index contributed by atoms with van der Waals surface area (Å²) in [5.41, 5.74) is 1.69. The molecule has 34 heavy (non-hydrogen) atoms. The number of carbonyl (C=O) groups is 2. The van der Waals surface area contributed by atoms with Gasteiger partial charge in [-0.15, -0.1) is 0 Å². The Labute approximate surface area is 215 Å². The molecule has 0 radical (unpaired) electrons. The summed E-state index contributed by atoms with van der Waals surface area (Å²) in [5.74, 6) is -0.864. The standard InChI is InChI=1S/C25H16Cl3N3O2S/c26-16-4-8-19(9-5-16)30-23(32)21(14-29)25-31(20-10-6-17(27)7-11-20)24(33)22(34-25)13-15-2-1-3-18(28)12-15/h1-12,22H,13H2,(H,30,32)/b25-21-/t22-/m1/s1. The van der Waals surface area contributed by atoms with Gasteiger partial charge in [-0.05, 0) is 72.6 Å². The smallest absolute Gasteiger partial charge is 0.269 e. The molecule has 1 N–H and O–H groups in total. The predicted molar refractivity (Wildman–Crippen MR) is 138 cm³/mol. The second kappa shape index (κ2) is 10.5. The van der Waals surface area contributed by atoms with Gasteiger partial charge in [0.1, 0.15) is 16.7 Å². The van der Waals surface area contributed by atoms with Crippen LogP contribution in [0.3, 0.4) is 0 Å². The molecule has 0 aromatic heterocycles. The van der Waals surface area contributed by atoms with Gasteiger partial charge in [0.25, 0.3) is 5.91 Å². The molecule has 2 amide bonds. The average Bonchev–Trinajstić information content (AvgIpc) is 3.12. The van der Waals surface area contributed by atoms with Crippen molar-refractivity contribution in [2.45, 2.75) is 11.7 Å². The Morgan fingerprint density at radius 3 is 2.24 bits per heavy atom. The molecular formula is C25H16Cl3N3O2S. The van der Waals surface area contributed by atoms with E-state index in [9.17, 15) is 14.9 Å². The van der Waals surface area contributed by atoms with Gasteiger partial charge in [0.05, 0.1) is 5.25 Å². The highest BCUT2D eigenvalue weighted by atomic mass is 35.5. The quantitative estimate of drug-likeness (QED) is 0.295. The maximum absolute atomic E-state index is 13.5. The second-order valence-corrected chi connectivity index (χ2v) is 9.84. The largest absolute Gasteiger partial charge is 0.321 e. The predicted octanol–water partition coefficient (Wildman–Crippen LogP) is 6.71. The normalized spacial score (nSPS) is 16.8. The number of thioether (sulfide) groups is 1. The molecule has 9 heteroatoms. The first-order valence-corrected chi connectivity index (χ1v) is 12.1. The Balaban J connectivity index is 1.72. The van der Waals surface area contributed by atoms with Crippen LogP contribution < -0.4 is 10.2 Å². The average molecular weight is 529 g/mol. The van der Waals surface area contributed by atoms with E-state index in [1.807, 2.05) is 18.2 Å². The minimum absolute atomic E-state index is 0.170. The van der Waals surface area contributed by atoms with Crippen molar-refractivity contribution in [2.75, 3.05) is 10.2 Å². The third kappa shape index (κ3) is 5.40. The molecule has 0 aliphatic carbocycles. The highest BCUT2D eigenvalue weighted by Crippen LogP contribution is 2.42. The zero-order valence-electron chi connectivity index (χ0n) is 17.5. The SMILES string of the molecule is N#C/C(C(=O)Nc1ccc(Cl)cc1)=C1/S[C@H](Cc2cccc(Cl)c2)C(=O)N1c1ccc(Cl)cc1. The van der Waals surface area contributed by atoms with Crippen LogP contribution in [0.5, 0.6) is 0 Å². The number of nitrogens with zero attached hydrogens (tertiary/aromatic N) is 2. The summed E-state index contributed by atoms with van der Waals surface area (Å²) < 4.78 is 0. The van der Waals surface area contributed by atoms with E-state index in [0.29, 0.717) is 32.9 Å². The van der Waals surface area contributed by atoms with Gasteiger partial charge >= 0.3 is 0 Å². The van der Waals surface area contributed by atoms with E-state index in [1.165, 1.54) is 16.7 Å². The monoisotopic (exact) mass is 527 g/mol. The molecule has 0 unspecified atom stereocenters. The van der Waals surface area contributed by atoms with Gasteiger partial charge < -0.3 is 5.32 Å². The van der Waals surface area contributed by atoms with Crippen LogP contribution in [0.15, 0.2) is 83.4 Å². The van der Waals surface area contributed by atoms with E-state index in [-0.39, 0.29) is 16.5 Å². The number of hydrogen-bond acceptors (Lipinski definition) is 4. The van der Waals surface area contributed by atoms with Crippen LogP contribution in [0.4, 0.5) is 11.4 Å². The highest BCUT2D eigenvalue weighted by Gasteiger charge is 2.40. The summed E-state index contributed by atoms with van der Waals surface area (Å²) in [7, 11) is 0. The number of carbonyl (C=O) groups excluding carboxylic acids is 2. The summed E-state index contributed by atoms with van der Waals surface area (Å²) in [6.45, 7) is 0. The molecule has 0 bridgehead atoms. The number of nitriles is 1. The molecule has 1 heterocycles. The Kier molecular flexibility index (Phi) is 7.50. The molecule has 1 aliphatic heterocycles. The Bertz CT molecular complexity index is 1320. The van der Waals surface area contributed by atoms with Crippen LogP contribution in [-0.4, -0.2) is 17.1 Å². The van der Waals surface area contributed by atoms with Gasteiger partial charge in [-0.3, -0.25) is 14.5 Å². The number of amides is 2. The third-order valence-corrected chi connectivity index (χ3v) is 7.00. The van der Waals surface area contributed by atoms with Crippen molar-refractivity contribution in [3.05, 3.63) is 104 Å². The molecule has 4 rings (SSSR count). The fourth-order valence-corrected chi connectivity index (χ4v) is 5.19. The van der Waals surface area contributed by atoms with Crippen molar-refractivity contribution in [2.24, 2.45) is 0 Å². The number of anilines is 2. The molecule has 1 aliphatic rings. The molecule has 1 fully saturated rings. The van der Waals surface area contributed by atoms with Gasteiger partial charge in [0.15, 0.2) is 0 Å². The summed E-state index contributed by atoms with van der Waals surface area (Å²) >= 11 is 19.2. The van der Waals surface area contributed by atoms with Gasteiger partial charge in [-0.1, -0.05) is 58.7 Å². The summed E-state index contributed by atoms with van der Waals surface area (Å²) in [4.78, 5) is 27.9. The lowest BCUT2D eigenvalue weighted by atomic mass is 10.1. The summed E-state index contributed by atoms with van der Waals surface area (Å²) in [6, 6.07) is 22.4. The van der Waals surface area contributed by atoms with Crippen molar-refractivity contribution >= 4 is 69.8 Å². The third-order valence-electron chi connectivity index (χ3n) is 5.00. The van der Waals surface area contributed by atoms with E-state index < -0.39 is 11.2 Å². The molecule has 0 saturated carbocycles. The summed E-state index contributed by atoms with van der Waals surface area (Å²) in [6.07, 6.45) is 0.384. The van der Waals surface area contributed by atoms with Crippen molar-refractivity contribution in [1.82, 2.24) is 0 Å². The summed E-state index contributed by atoms with van der Waals surface area (Å²) in [5, 5.41) is 13.9. The van der Waals surface area contributed by atoms with E-state index in [0.717, 1.165) is 5.56 Å². The number of hydrogen-bond donors (Lipinski definition) is 1. The van der Waals surface area contributed by atoms with Crippen LogP contribution in [0.25, 0.3) is 0 Å². The van der Waals surface area contributed by atoms with Crippen LogP contribution in [0.2, 0.25) is 15.1 Å². The van der Waals surface area contributed by atoms with Crippen molar-refractivity contribution in [3.8, 4) is 6.07 Å². The van der Waals surface area contributed by atoms with Crippen molar-refractivity contribution in [1.29, 1.82) is 5.26 Å². The van der Waals surface area contributed by atoms with Gasteiger partial charge in [0.2, 0.25) is 5.91 Å². The lowest BCUT2D eigenvalue weighted by Gasteiger charge is -2.19. The molecule has 3 aromatic rings. The minimum Gasteiger partial charge on any atom is -0.321 e. The zero-order valence-corrected chi connectivity index (χ0v) is 20.6. The van der Waals surface area contributed by atoms with Crippen LogP contribution in [-0.2, 0) is 16.0 Å². The second-order valence-electron chi connectivity index (χ2n) is 7.34. The van der Waals surface area contributed by atoms with Gasteiger partial charge in [-0.2, -0.15) is 5.26 Å². The van der Waals surface area contributed by atoms with Gasteiger partial charge in [-0.25, -0.2) is 0 Å². The molecule has 170 valence electrons. The lowest BCUT2D eigenvalue weighted by Crippen LogP contribution is -2.30. The lowest BCUT2D eigenvalue weighted by molar-refractivity contribution is -0.117. The Morgan fingerprint density at radius 2 is 1.62 bits per heavy atom. The topological polar surface area (TPSA) is 73.2 Å². The maximum Gasteiger partial charge on any atom is 0.269 e. The number of nitrogens with one attached hydrogen (secondary N) is 1. The van der Waals surface area contributed by atoms with Crippen LogP contribution in [0.1, 0.15) is 5.56 Å². The van der Waals surface area contributed by atoms with Crippen molar-refractivity contribution < 1.29 is 9.59 Å². The fourth-order valence-electron chi connectivity index (χ4n) is 3.42. The van der Waals surface area contributed by atoms with Crippen LogP contribution in [0, 0.1) is 11.3 Å². The molecule has 0 spiro atoms. The number of halogens is 3. The Hall–Kier alpha value is -2.95. The molecule has 5 nitrogen and oxygen atoms in total. The first kappa shape index (κ1) is 24.2. The van der Waals surface area contributed by atoms with Gasteiger partial charge in [0, 0.05) is 26.4 Å². The highest BCUT2D eigenvalue weighted by molar-refractivity contribution is 8.05. The Morgan fingerprint density at radius 1 is 0.971 bits per heavy atom. The maximum atomic E-state index is 13.5. The fraction of sp³-hybridized carbons (Fsp3) is 0.0800. The molecule has 1 saturated heterocycles. The zero-order chi connectivity index (χ0) is 24.2. The van der Waals surface area contributed by atoms with Crippen molar-refractivity contribution in [3.63, 3.8) is 0 Å². The number of benzene rings is 3. The minimum atomic E-state index is -0.623.